The van der Waals surface area contributed by atoms with Crippen LogP contribution >= 0.6 is 0 Å². The average molecular weight is 485 g/mol. The number of aromatic amines is 1. The largest absolute Gasteiger partial charge is 0.472 e. The molecule has 0 saturated carbocycles. The minimum absolute atomic E-state index is 0.0738. The van der Waals surface area contributed by atoms with E-state index in [1.165, 1.54) is 34.0 Å². The van der Waals surface area contributed by atoms with Gasteiger partial charge in [-0.15, -0.1) is 0 Å². The van der Waals surface area contributed by atoms with Gasteiger partial charge >= 0.3 is 5.69 Å². The molecule has 9 nitrogen and oxygen atoms in total. The molecule has 0 fully saturated rings. The van der Waals surface area contributed by atoms with Gasteiger partial charge in [0, 0.05) is 28.5 Å². The number of nitrogens with zero attached hydrogens (tertiary/aromatic N) is 4. The van der Waals surface area contributed by atoms with Crippen LogP contribution < -0.4 is 11.2 Å². The zero-order valence-electron chi connectivity index (χ0n) is 18.9. The first kappa shape index (κ1) is 21.7. The number of halogens is 1. The van der Waals surface area contributed by atoms with Gasteiger partial charge in [0.25, 0.3) is 5.56 Å². The van der Waals surface area contributed by atoms with Crippen molar-refractivity contribution < 1.29 is 13.2 Å². The van der Waals surface area contributed by atoms with Crippen molar-refractivity contribution in [2.75, 3.05) is 0 Å². The van der Waals surface area contributed by atoms with Gasteiger partial charge in [-0.2, -0.15) is 5.10 Å². The van der Waals surface area contributed by atoms with Gasteiger partial charge < -0.3 is 13.8 Å². The van der Waals surface area contributed by atoms with Crippen LogP contribution in [-0.2, 0) is 19.6 Å². The summed E-state index contributed by atoms with van der Waals surface area (Å²) in [7, 11) is 0. The molecule has 10 heteroatoms. The van der Waals surface area contributed by atoms with Crippen molar-refractivity contribution in [3.05, 3.63) is 123 Å². The highest BCUT2D eigenvalue weighted by Gasteiger charge is 2.18. The number of nitrogens with one attached hydrogen (secondary N) is 1. The highest BCUT2D eigenvalue weighted by Crippen LogP contribution is 2.23. The zero-order valence-corrected chi connectivity index (χ0v) is 18.9. The van der Waals surface area contributed by atoms with Gasteiger partial charge in [-0.3, -0.25) is 18.6 Å². The van der Waals surface area contributed by atoms with Crippen LogP contribution in [0.1, 0.15) is 16.7 Å². The summed E-state index contributed by atoms with van der Waals surface area (Å²) in [6.45, 7) is 0.557. The normalized spacial score (nSPS) is 11.5. The molecule has 0 saturated heterocycles. The number of fused-ring (bicyclic) bond motifs is 1. The Morgan fingerprint density at radius 3 is 2.33 bits per heavy atom. The molecule has 0 aliphatic rings. The van der Waals surface area contributed by atoms with Crippen LogP contribution in [-0.4, -0.2) is 23.9 Å². The lowest BCUT2D eigenvalue weighted by molar-refractivity contribution is 0.556. The van der Waals surface area contributed by atoms with Crippen LogP contribution in [0.25, 0.3) is 22.3 Å². The molecule has 0 aliphatic carbocycles. The molecule has 6 rings (SSSR count). The first-order chi connectivity index (χ1) is 17.6. The van der Waals surface area contributed by atoms with E-state index in [9.17, 15) is 14.0 Å². The number of rotatable bonds is 7. The molecule has 5 aromatic heterocycles. The molecule has 180 valence electrons. The second-order valence-electron chi connectivity index (χ2n) is 8.48. The summed E-state index contributed by atoms with van der Waals surface area (Å²) in [5.41, 5.74) is 3.18. The molecule has 36 heavy (non-hydrogen) atoms. The quantitative estimate of drug-likeness (QED) is 0.370. The molecular weight excluding hydrogens is 465 g/mol. The van der Waals surface area contributed by atoms with Crippen LogP contribution in [0.4, 0.5) is 4.39 Å². The van der Waals surface area contributed by atoms with Gasteiger partial charge in [0.1, 0.15) is 11.3 Å². The van der Waals surface area contributed by atoms with Crippen molar-refractivity contribution in [3.63, 3.8) is 0 Å². The maximum atomic E-state index is 14.1. The van der Waals surface area contributed by atoms with Crippen molar-refractivity contribution in [1.82, 2.24) is 23.9 Å². The Kier molecular flexibility index (Phi) is 5.25. The summed E-state index contributed by atoms with van der Waals surface area (Å²) >= 11 is 0. The smallest absolute Gasteiger partial charge is 0.332 e. The second-order valence-corrected chi connectivity index (χ2v) is 8.48. The molecule has 0 spiro atoms. The standard InChI is InChI=1S/C26H20FN5O4/c27-21-4-2-1-3-19(21)13-30-14-20(10-28-30)22-9-23-24(29-22)25(33)32(12-18-6-8-36-16-18)26(34)31(23)11-17-5-7-35-15-17/h1-10,14-16,29H,11-13H2. The Morgan fingerprint density at radius 1 is 0.917 bits per heavy atom. The fourth-order valence-corrected chi connectivity index (χ4v) is 4.26. The highest BCUT2D eigenvalue weighted by atomic mass is 19.1. The Hall–Kier alpha value is -4.86. The molecule has 0 radical (unpaired) electrons. The van der Waals surface area contributed by atoms with Gasteiger partial charge in [-0.25, -0.2) is 9.18 Å². The van der Waals surface area contributed by atoms with E-state index >= 15 is 0 Å². The van der Waals surface area contributed by atoms with E-state index in [0.29, 0.717) is 33.4 Å². The first-order valence-electron chi connectivity index (χ1n) is 11.2. The second kappa shape index (κ2) is 8.73. The predicted octanol–water partition coefficient (Wildman–Crippen LogP) is 3.82. The summed E-state index contributed by atoms with van der Waals surface area (Å²) in [4.78, 5) is 30.0. The molecule has 1 aromatic carbocycles. The number of benzene rings is 1. The topological polar surface area (TPSA) is 104 Å². The lowest BCUT2D eigenvalue weighted by atomic mass is 10.2. The van der Waals surface area contributed by atoms with Crippen LogP contribution in [0, 0.1) is 5.82 Å². The lowest BCUT2D eigenvalue weighted by Gasteiger charge is -2.10. The maximum absolute atomic E-state index is 14.1. The van der Waals surface area contributed by atoms with E-state index in [-0.39, 0.29) is 25.5 Å². The highest BCUT2D eigenvalue weighted by molar-refractivity contribution is 5.82. The summed E-state index contributed by atoms with van der Waals surface area (Å²) in [6.07, 6.45) is 9.48. The van der Waals surface area contributed by atoms with Crippen molar-refractivity contribution >= 4 is 11.0 Å². The van der Waals surface area contributed by atoms with E-state index in [2.05, 4.69) is 10.1 Å². The summed E-state index contributed by atoms with van der Waals surface area (Å²) < 4.78 is 28.7. The molecule has 5 heterocycles. The average Bonchev–Trinajstić information content (AvgIpc) is 3.68. The number of H-pyrrole nitrogens is 1. The van der Waals surface area contributed by atoms with E-state index in [1.54, 1.807) is 59.7 Å². The molecule has 1 N–H and O–H groups in total. The summed E-state index contributed by atoms with van der Waals surface area (Å²) in [5.74, 6) is -0.304. The van der Waals surface area contributed by atoms with E-state index in [0.717, 1.165) is 5.56 Å². The molecule has 0 atom stereocenters. The first-order valence-corrected chi connectivity index (χ1v) is 11.2. The fourth-order valence-electron chi connectivity index (χ4n) is 4.26. The van der Waals surface area contributed by atoms with E-state index in [1.807, 2.05) is 0 Å². The zero-order chi connectivity index (χ0) is 24.6. The minimum atomic E-state index is -0.448. The molecular formula is C26H20FN5O4. The van der Waals surface area contributed by atoms with Gasteiger partial charge in [0.2, 0.25) is 0 Å². The number of aromatic nitrogens is 5. The van der Waals surface area contributed by atoms with Gasteiger partial charge in [0.15, 0.2) is 0 Å². The van der Waals surface area contributed by atoms with Crippen LogP contribution in [0.3, 0.4) is 0 Å². The van der Waals surface area contributed by atoms with Crippen molar-refractivity contribution in [2.24, 2.45) is 0 Å². The van der Waals surface area contributed by atoms with Crippen LogP contribution in [0.15, 0.2) is 98.3 Å². The van der Waals surface area contributed by atoms with Gasteiger partial charge in [-0.1, -0.05) is 18.2 Å². The van der Waals surface area contributed by atoms with Crippen molar-refractivity contribution in [3.8, 4) is 11.3 Å². The predicted molar refractivity (Wildman–Crippen MR) is 129 cm³/mol. The third-order valence-electron chi connectivity index (χ3n) is 6.08. The minimum Gasteiger partial charge on any atom is -0.472 e. The van der Waals surface area contributed by atoms with E-state index < -0.39 is 11.2 Å². The third kappa shape index (κ3) is 3.88. The van der Waals surface area contributed by atoms with Crippen LogP contribution in [0.2, 0.25) is 0 Å². The van der Waals surface area contributed by atoms with E-state index in [4.69, 9.17) is 8.83 Å². The molecule has 0 aliphatic heterocycles. The summed E-state index contributed by atoms with van der Waals surface area (Å²) in [6, 6.07) is 11.8. The van der Waals surface area contributed by atoms with Crippen molar-refractivity contribution in [2.45, 2.75) is 19.6 Å². The third-order valence-corrected chi connectivity index (χ3v) is 6.08. The molecule has 0 amide bonds. The van der Waals surface area contributed by atoms with Gasteiger partial charge in [0.05, 0.1) is 62.1 Å². The SMILES string of the molecule is O=c1c2[nH]c(-c3cnn(Cc4ccccc4F)c3)cc2n(Cc2ccoc2)c(=O)n1Cc1ccoc1. The van der Waals surface area contributed by atoms with Crippen LogP contribution in [0.5, 0.6) is 0 Å². The number of hydrogen-bond donors (Lipinski definition) is 1. The molecule has 0 unspecified atom stereocenters. The Morgan fingerprint density at radius 2 is 1.64 bits per heavy atom. The molecule has 0 bridgehead atoms. The maximum Gasteiger partial charge on any atom is 0.332 e. The Bertz CT molecular complexity index is 1770. The Labute approximate surface area is 202 Å². The van der Waals surface area contributed by atoms with Gasteiger partial charge in [-0.05, 0) is 24.3 Å². The summed E-state index contributed by atoms with van der Waals surface area (Å²) in [5, 5.41) is 4.35. The monoisotopic (exact) mass is 485 g/mol. The Balaban J connectivity index is 1.44. The lowest BCUT2D eigenvalue weighted by Crippen LogP contribution is -2.40. The number of furan rings is 2. The van der Waals surface area contributed by atoms with Crippen molar-refractivity contribution in [1.29, 1.82) is 0 Å². The molecule has 6 aromatic rings. The number of hydrogen-bond acceptors (Lipinski definition) is 5. The fraction of sp³-hybridized carbons (Fsp3) is 0.115.